The van der Waals surface area contributed by atoms with E-state index >= 15 is 0 Å². The molecule has 0 spiro atoms. The first-order valence-electron chi connectivity index (χ1n) is 6.16. The van der Waals surface area contributed by atoms with Crippen LogP contribution in [-0.2, 0) is 11.3 Å². The number of amides is 1. The van der Waals surface area contributed by atoms with Crippen molar-refractivity contribution in [2.75, 3.05) is 7.05 Å². The molecule has 94 valence electrons. The average Bonchev–Trinajstić information content (AvgIpc) is 2.73. The predicted octanol–water partition coefficient (Wildman–Crippen LogP) is 0.914. The highest BCUT2D eigenvalue weighted by molar-refractivity contribution is 5.77. The van der Waals surface area contributed by atoms with E-state index in [9.17, 15) is 4.79 Å². The van der Waals surface area contributed by atoms with Gasteiger partial charge in [0, 0.05) is 26.1 Å². The van der Waals surface area contributed by atoms with Crippen molar-refractivity contribution in [2.24, 2.45) is 5.73 Å². The molecule has 1 aromatic heterocycles. The van der Waals surface area contributed by atoms with Crippen LogP contribution >= 0.6 is 0 Å². The Morgan fingerprint density at radius 1 is 1.59 bits per heavy atom. The van der Waals surface area contributed by atoms with Crippen LogP contribution in [0.1, 0.15) is 37.9 Å². The van der Waals surface area contributed by atoms with E-state index in [-0.39, 0.29) is 18.0 Å². The van der Waals surface area contributed by atoms with Crippen molar-refractivity contribution < 1.29 is 4.79 Å². The van der Waals surface area contributed by atoms with E-state index in [0.717, 1.165) is 25.1 Å². The molecule has 0 aliphatic carbocycles. The summed E-state index contributed by atoms with van der Waals surface area (Å²) in [7, 11) is 1.83. The predicted molar refractivity (Wildman–Crippen MR) is 65.2 cm³/mol. The fourth-order valence-electron chi connectivity index (χ4n) is 2.49. The maximum Gasteiger partial charge on any atom is 0.222 e. The molecule has 2 atom stereocenters. The maximum absolute atomic E-state index is 11.8. The molecule has 1 aliphatic rings. The van der Waals surface area contributed by atoms with E-state index in [1.807, 2.05) is 19.6 Å². The van der Waals surface area contributed by atoms with E-state index in [1.54, 1.807) is 4.90 Å². The highest BCUT2D eigenvalue weighted by Crippen LogP contribution is 2.29. The summed E-state index contributed by atoms with van der Waals surface area (Å²) < 4.78 is 2.10. The highest BCUT2D eigenvalue weighted by atomic mass is 16.2. The second-order valence-corrected chi connectivity index (χ2v) is 4.66. The Kier molecular flexibility index (Phi) is 3.47. The molecule has 2 heterocycles. The van der Waals surface area contributed by atoms with E-state index in [4.69, 9.17) is 5.73 Å². The lowest BCUT2D eigenvalue weighted by Crippen LogP contribution is -2.47. The Morgan fingerprint density at radius 3 is 3.06 bits per heavy atom. The lowest BCUT2D eigenvalue weighted by atomic mass is 9.94. The molecule has 0 radical (unpaired) electrons. The third-order valence-corrected chi connectivity index (χ3v) is 3.42. The molecule has 0 saturated carbocycles. The molecule has 0 bridgehead atoms. The quantitative estimate of drug-likeness (QED) is 0.848. The van der Waals surface area contributed by atoms with Gasteiger partial charge >= 0.3 is 0 Å². The topological polar surface area (TPSA) is 64.2 Å². The Morgan fingerprint density at radius 2 is 2.35 bits per heavy atom. The Labute approximate surface area is 102 Å². The van der Waals surface area contributed by atoms with Gasteiger partial charge in [0.15, 0.2) is 0 Å². The molecular formula is C12H20N4O. The van der Waals surface area contributed by atoms with Crippen LogP contribution < -0.4 is 5.73 Å². The summed E-state index contributed by atoms with van der Waals surface area (Å²) in [6, 6.07) is -0.0321. The third kappa shape index (κ3) is 2.20. The standard InChI is InChI=1S/C12H20N4O/c1-3-6-16-8-14-7-10(16)12-9(13)4-5-11(17)15(12)2/h7-9,12H,3-6,13H2,1-2H3. The number of hydrogen-bond acceptors (Lipinski definition) is 3. The monoisotopic (exact) mass is 236 g/mol. The van der Waals surface area contributed by atoms with Crippen molar-refractivity contribution in [3.05, 3.63) is 18.2 Å². The molecular weight excluding hydrogens is 216 g/mol. The van der Waals surface area contributed by atoms with Crippen LogP contribution in [0.5, 0.6) is 0 Å². The number of likely N-dealkylation sites (tertiary alicyclic amines) is 1. The van der Waals surface area contributed by atoms with Crippen molar-refractivity contribution >= 4 is 5.91 Å². The third-order valence-electron chi connectivity index (χ3n) is 3.42. The van der Waals surface area contributed by atoms with E-state index in [2.05, 4.69) is 16.5 Å². The van der Waals surface area contributed by atoms with Crippen molar-refractivity contribution in [1.29, 1.82) is 0 Å². The lowest BCUT2D eigenvalue weighted by molar-refractivity contribution is -0.135. The number of nitrogens with two attached hydrogens (primary N) is 1. The van der Waals surface area contributed by atoms with Crippen LogP contribution in [0.25, 0.3) is 0 Å². The number of likely N-dealkylation sites (N-methyl/N-ethyl adjacent to an activating group) is 1. The molecule has 1 aliphatic heterocycles. The van der Waals surface area contributed by atoms with Crippen LogP contribution in [0.4, 0.5) is 0 Å². The Hall–Kier alpha value is -1.36. The number of rotatable bonds is 3. The van der Waals surface area contributed by atoms with Gasteiger partial charge in [-0.1, -0.05) is 6.92 Å². The lowest BCUT2D eigenvalue weighted by Gasteiger charge is -2.37. The van der Waals surface area contributed by atoms with Gasteiger partial charge in [0.05, 0.1) is 24.3 Å². The largest absolute Gasteiger partial charge is 0.336 e. The number of aromatic nitrogens is 2. The van der Waals surface area contributed by atoms with Crippen LogP contribution in [0.15, 0.2) is 12.5 Å². The SMILES string of the molecule is CCCn1cncc1C1C(N)CCC(=O)N1C. The van der Waals surface area contributed by atoms with Crippen LogP contribution in [0, 0.1) is 0 Å². The second kappa shape index (κ2) is 4.87. The number of nitrogens with zero attached hydrogens (tertiary/aromatic N) is 3. The van der Waals surface area contributed by atoms with E-state index in [1.165, 1.54) is 0 Å². The minimum Gasteiger partial charge on any atom is -0.336 e. The number of carbonyl (C=O) groups is 1. The number of carbonyl (C=O) groups excluding carboxylic acids is 1. The molecule has 1 amide bonds. The average molecular weight is 236 g/mol. The molecule has 1 aromatic rings. The zero-order chi connectivity index (χ0) is 12.4. The molecule has 2 unspecified atom stereocenters. The minimum atomic E-state index is -0.0368. The summed E-state index contributed by atoms with van der Waals surface area (Å²) in [6.07, 6.45) is 6.00. The van der Waals surface area contributed by atoms with Gasteiger partial charge < -0.3 is 15.2 Å². The zero-order valence-electron chi connectivity index (χ0n) is 10.5. The van der Waals surface area contributed by atoms with Crippen LogP contribution in [0.3, 0.4) is 0 Å². The molecule has 2 N–H and O–H groups in total. The summed E-state index contributed by atoms with van der Waals surface area (Å²) in [4.78, 5) is 17.7. The number of imidazole rings is 1. The molecule has 17 heavy (non-hydrogen) atoms. The fourth-order valence-corrected chi connectivity index (χ4v) is 2.49. The van der Waals surface area contributed by atoms with Crippen molar-refractivity contribution in [3.8, 4) is 0 Å². The highest BCUT2D eigenvalue weighted by Gasteiger charge is 2.34. The van der Waals surface area contributed by atoms with Gasteiger partial charge in [-0.05, 0) is 12.8 Å². The molecule has 5 heteroatoms. The number of hydrogen-bond donors (Lipinski definition) is 1. The van der Waals surface area contributed by atoms with Gasteiger partial charge in [0.1, 0.15) is 0 Å². The summed E-state index contributed by atoms with van der Waals surface area (Å²) in [5.41, 5.74) is 7.20. The normalized spacial score (nSPS) is 25.4. The molecule has 0 aromatic carbocycles. The molecule has 1 saturated heterocycles. The number of aryl methyl sites for hydroxylation is 1. The van der Waals surface area contributed by atoms with Gasteiger partial charge in [-0.2, -0.15) is 0 Å². The summed E-state index contributed by atoms with van der Waals surface area (Å²) in [6.45, 7) is 3.04. The van der Waals surface area contributed by atoms with Gasteiger partial charge in [0.2, 0.25) is 5.91 Å². The first-order valence-corrected chi connectivity index (χ1v) is 6.16. The first-order chi connectivity index (χ1) is 8.15. The van der Waals surface area contributed by atoms with Crippen molar-refractivity contribution in [1.82, 2.24) is 14.5 Å². The smallest absolute Gasteiger partial charge is 0.222 e. The van der Waals surface area contributed by atoms with Gasteiger partial charge in [0.25, 0.3) is 0 Å². The van der Waals surface area contributed by atoms with Gasteiger partial charge in [-0.3, -0.25) is 4.79 Å². The second-order valence-electron chi connectivity index (χ2n) is 4.66. The van der Waals surface area contributed by atoms with Crippen LogP contribution in [0.2, 0.25) is 0 Å². The van der Waals surface area contributed by atoms with E-state index in [0.29, 0.717) is 6.42 Å². The first kappa shape index (κ1) is 12.1. The van der Waals surface area contributed by atoms with Gasteiger partial charge in [-0.15, -0.1) is 0 Å². The molecule has 2 rings (SSSR count). The van der Waals surface area contributed by atoms with Crippen molar-refractivity contribution in [2.45, 2.75) is 44.8 Å². The summed E-state index contributed by atoms with van der Waals surface area (Å²) in [5.74, 6) is 0.168. The fraction of sp³-hybridized carbons (Fsp3) is 0.667. The Balaban J connectivity index is 2.29. The zero-order valence-corrected chi connectivity index (χ0v) is 10.5. The summed E-state index contributed by atoms with van der Waals surface area (Å²) >= 11 is 0. The minimum absolute atomic E-state index is 0.00464. The molecule has 5 nitrogen and oxygen atoms in total. The molecule has 1 fully saturated rings. The van der Waals surface area contributed by atoms with Gasteiger partial charge in [-0.25, -0.2) is 4.98 Å². The van der Waals surface area contributed by atoms with Crippen molar-refractivity contribution in [3.63, 3.8) is 0 Å². The maximum atomic E-state index is 11.8. The summed E-state index contributed by atoms with van der Waals surface area (Å²) in [5, 5.41) is 0. The number of piperidine rings is 1. The van der Waals surface area contributed by atoms with E-state index < -0.39 is 0 Å². The van der Waals surface area contributed by atoms with Crippen LogP contribution in [-0.4, -0.2) is 33.4 Å². The Bertz CT molecular complexity index is 401.